The van der Waals surface area contributed by atoms with Crippen LogP contribution in [-0.4, -0.2) is 37.0 Å². The minimum Gasteiger partial charge on any atom is -0.467 e. The predicted molar refractivity (Wildman–Crippen MR) is 115 cm³/mol. The molecule has 0 saturated carbocycles. The van der Waals surface area contributed by atoms with Gasteiger partial charge in [-0.05, 0) is 45.9 Å². The predicted octanol–water partition coefficient (Wildman–Crippen LogP) is 2.24. The van der Waals surface area contributed by atoms with Gasteiger partial charge in [-0.2, -0.15) is 0 Å². The maximum absolute atomic E-state index is 12.8. The summed E-state index contributed by atoms with van der Waals surface area (Å²) in [5.41, 5.74) is 1.80. The Bertz CT molecular complexity index is 809. The second-order valence-electron chi connectivity index (χ2n) is 6.36. The fourth-order valence-corrected chi connectivity index (χ4v) is 3.13. The van der Waals surface area contributed by atoms with Crippen molar-refractivity contribution in [2.75, 3.05) is 7.11 Å². The lowest BCUT2D eigenvalue weighted by molar-refractivity contribution is -0.145. The van der Waals surface area contributed by atoms with Crippen molar-refractivity contribution in [1.29, 1.82) is 0 Å². The number of esters is 1. The second-order valence-corrected chi connectivity index (χ2v) is 7.60. The molecule has 2 N–H and O–H groups in total. The van der Waals surface area contributed by atoms with Crippen LogP contribution in [0.5, 0.6) is 0 Å². The lowest BCUT2D eigenvalue weighted by Crippen LogP contribution is -2.53. The molecule has 7 heteroatoms. The average molecular weight is 494 g/mol. The van der Waals surface area contributed by atoms with Crippen LogP contribution in [0.2, 0.25) is 0 Å². The van der Waals surface area contributed by atoms with E-state index in [1.807, 2.05) is 54.6 Å². The van der Waals surface area contributed by atoms with Gasteiger partial charge in [0.2, 0.25) is 11.8 Å². The molecule has 2 rings (SSSR count). The molecule has 28 heavy (non-hydrogen) atoms. The van der Waals surface area contributed by atoms with Crippen LogP contribution in [0.25, 0.3) is 0 Å². The first-order valence-electron chi connectivity index (χ1n) is 8.82. The van der Waals surface area contributed by atoms with Crippen molar-refractivity contribution in [3.63, 3.8) is 0 Å². The van der Waals surface area contributed by atoms with Crippen molar-refractivity contribution in [3.8, 4) is 0 Å². The third-order valence-corrected chi connectivity index (χ3v) is 4.85. The van der Waals surface area contributed by atoms with Gasteiger partial charge in [0.05, 0.1) is 7.11 Å². The molecule has 0 radical (unpaired) electrons. The van der Waals surface area contributed by atoms with Crippen molar-refractivity contribution in [3.05, 3.63) is 69.3 Å². The van der Waals surface area contributed by atoms with Crippen molar-refractivity contribution >= 4 is 40.4 Å². The molecule has 0 aliphatic heterocycles. The summed E-state index contributed by atoms with van der Waals surface area (Å²) in [6.07, 6.45) is 0.622. The van der Waals surface area contributed by atoms with Gasteiger partial charge in [0.1, 0.15) is 12.1 Å². The van der Waals surface area contributed by atoms with Crippen LogP contribution in [0.3, 0.4) is 0 Å². The Morgan fingerprint density at radius 1 is 0.893 bits per heavy atom. The first-order valence-corrected chi connectivity index (χ1v) is 9.90. The molecule has 0 aliphatic carbocycles. The summed E-state index contributed by atoms with van der Waals surface area (Å²) in [7, 11) is 1.28. The zero-order valence-corrected chi connectivity index (χ0v) is 17.9. The fraction of sp³-hybridized carbons (Fsp3) is 0.286. The summed E-state index contributed by atoms with van der Waals surface area (Å²) in [6, 6.07) is 15.4. The molecular weight excluding hydrogens is 471 g/mol. The molecule has 0 aliphatic rings. The maximum atomic E-state index is 12.8. The molecule has 2 aromatic carbocycles. The number of benzene rings is 2. The van der Waals surface area contributed by atoms with Crippen LogP contribution in [0.1, 0.15) is 18.1 Å². The summed E-state index contributed by atoms with van der Waals surface area (Å²) in [5, 5.41) is 5.38. The molecule has 0 fully saturated rings. The Morgan fingerprint density at radius 3 is 2.04 bits per heavy atom. The van der Waals surface area contributed by atoms with E-state index < -0.39 is 24.0 Å². The first kappa shape index (κ1) is 21.9. The molecule has 6 nitrogen and oxygen atoms in total. The van der Waals surface area contributed by atoms with E-state index in [4.69, 9.17) is 4.74 Å². The van der Waals surface area contributed by atoms with Gasteiger partial charge < -0.3 is 15.4 Å². The number of amides is 2. The van der Waals surface area contributed by atoms with Crippen molar-refractivity contribution in [2.45, 2.75) is 31.8 Å². The van der Waals surface area contributed by atoms with Gasteiger partial charge in [-0.15, -0.1) is 0 Å². The number of hydrogen-bond acceptors (Lipinski definition) is 4. The van der Waals surface area contributed by atoms with Crippen LogP contribution in [0, 0.1) is 3.57 Å². The number of hydrogen-bond donors (Lipinski definition) is 2. The monoisotopic (exact) mass is 494 g/mol. The number of carbonyl (C=O) groups is 3. The largest absolute Gasteiger partial charge is 0.467 e. The number of carbonyl (C=O) groups excluding carboxylic acids is 3. The van der Waals surface area contributed by atoms with Gasteiger partial charge in [-0.1, -0.05) is 42.5 Å². The van der Waals surface area contributed by atoms with E-state index in [2.05, 4.69) is 33.2 Å². The molecule has 2 amide bonds. The Hall–Kier alpha value is -2.42. The Morgan fingerprint density at radius 2 is 1.46 bits per heavy atom. The van der Waals surface area contributed by atoms with Gasteiger partial charge >= 0.3 is 5.97 Å². The van der Waals surface area contributed by atoms with Crippen molar-refractivity contribution < 1.29 is 19.1 Å². The molecule has 0 saturated heterocycles. The van der Waals surface area contributed by atoms with E-state index in [-0.39, 0.29) is 5.91 Å². The third kappa shape index (κ3) is 6.95. The molecule has 148 valence electrons. The topological polar surface area (TPSA) is 84.5 Å². The summed E-state index contributed by atoms with van der Waals surface area (Å²) in [4.78, 5) is 36.6. The lowest BCUT2D eigenvalue weighted by Gasteiger charge is -2.22. The number of ether oxygens (including phenoxy) is 1. The molecule has 0 aromatic heterocycles. The van der Waals surface area contributed by atoms with Crippen LogP contribution in [0.15, 0.2) is 54.6 Å². The van der Waals surface area contributed by atoms with Gasteiger partial charge in [0.25, 0.3) is 0 Å². The highest BCUT2D eigenvalue weighted by atomic mass is 127. The normalized spacial score (nSPS) is 12.5. The highest BCUT2D eigenvalue weighted by Gasteiger charge is 2.27. The van der Waals surface area contributed by atoms with E-state index in [0.717, 1.165) is 14.7 Å². The van der Waals surface area contributed by atoms with Gasteiger partial charge in [0, 0.05) is 23.3 Å². The van der Waals surface area contributed by atoms with Crippen molar-refractivity contribution in [2.24, 2.45) is 0 Å². The highest BCUT2D eigenvalue weighted by Crippen LogP contribution is 2.10. The van der Waals surface area contributed by atoms with E-state index in [1.165, 1.54) is 14.0 Å². The number of nitrogens with one attached hydrogen (secondary N) is 2. The fourth-order valence-electron chi connectivity index (χ4n) is 2.77. The highest BCUT2D eigenvalue weighted by molar-refractivity contribution is 14.1. The molecular formula is C21H23IN2O4. The van der Waals surface area contributed by atoms with Crippen LogP contribution < -0.4 is 10.6 Å². The Balaban J connectivity index is 2.14. The molecule has 0 unspecified atom stereocenters. The number of methoxy groups -OCH3 is 1. The number of halogens is 1. The Kier molecular flexibility index (Phi) is 8.43. The van der Waals surface area contributed by atoms with E-state index in [1.54, 1.807) is 0 Å². The molecule has 0 bridgehead atoms. The minimum absolute atomic E-state index is 0.299. The van der Waals surface area contributed by atoms with Crippen LogP contribution in [-0.2, 0) is 32.0 Å². The minimum atomic E-state index is -0.843. The van der Waals surface area contributed by atoms with Gasteiger partial charge in [-0.25, -0.2) is 4.79 Å². The summed E-state index contributed by atoms with van der Waals surface area (Å²) < 4.78 is 5.92. The molecule has 0 spiro atoms. The molecule has 2 atom stereocenters. The van der Waals surface area contributed by atoms with Crippen molar-refractivity contribution in [1.82, 2.24) is 10.6 Å². The summed E-state index contributed by atoms with van der Waals surface area (Å²) in [6.45, 7) is 1.36. The van der Waals surface area contributed by atoms with E-state index in [0.29, 0.717) is 12.8 Å². The van der Waals surface area contributed by atoms with Gasteiger partial charge in [-0.3, -0.25) is 9.59 Å². The smallest absolute Gasteiger partial charge is 0.328 e. The Labute approximate surface area is 178 Å². The summed E-state index contributed by atoms with van der Waals surface area (Å²) in [5.74, 6) is -1.28. The summed E-state index contributed by atoms with van der Waals surface area (Å²) >= 11 is 2.20. The first-order chi connectivity index (χ1) is 13.4. The standard InChI is InChI=1S/C21H23IN2O4/c1-14(25)23-18(12-15-6-4-3-5-7-15)20(26)24-19(21(27)28-2)13-16-8-10-17(22)11-9-16/h3-11,18-19H,12-13H2,1-2H3,(H,23,25)(H,24,26)/t18-,19-/m0/s1. The van der Waals surface area contributed by atoms with E-state index >= 15 is 0 Å². The SMILES string of the molecule is COC(=O)[C@H](Cc1ccc(I)cc1)NC(=O)[C@H](Cc1ccccc1)NC(C)=O. The average Bonchev–Trinajstić information content (AvgIpc) is 2.68. The quantitative estimate of drug-likeness (QED) is 0.436. The van der Waals surface area contributed by atoms with Crippen LogP contribution >= 0.6 is 22.6 Å². The lowest BCUT2D eigenvalue weighted by atomic mass is 10.0. The zero-order valence-electron chi connectivity index (χ0n) is 15.8. The molecule has 2 aromatic rings. The molecule has 0 heterocycles. The van der Waals surface area contributed by atoms with Crippen LogP contribution in [0.4, 0.5) is 0 Å². The number of rotatable bonds is 8. The second kappa shape index (κ2) is 10.8. The zero-order chi connectivity index (χ0) is 20.5. The maximum Gasteiger partial charge on any atom is 0.328 e. The van der Waals surface area contributed by atoms with E-state index in [9.17, 15) is 14.4 Å². The van der Waals surface area contributed by atoms with Gasteiger partial charge in [0.15, 0.2) is 0 Å². The third-order valence-electron chi connectivity index (χ3n) is 4.13.